The molecule has 0 aliphatic carbocycles. The number of carbonyl (C=O) groups is 3. The van der Waals surface area contributed by atoms with Gasteiger partial charge in [-0.05, 0) is 93.5 Å². The molecule has 0 aromatic heterocycles. The number of alkyl carbamates (subject to hydrolysis) is 1. The van der Waals surface area contributed by atoms with E-state index in [1.807, 2.05) is 80.8 Å². The van der Waals surface area contributed by atoms with Crippen LogP contribution in [0, 0.1) is 13.8 Å². The molecule has 0 saturated carbocycles. The second kappa shape index (κ2) is 15.8. The molecular weight excluding hydrogens is 558 g/mol. The van der Waals surface area contributed by atoms with Gasteiger partial charge in [0, 0.05) is 12.2 Å². The molecule has 3 aromatic rings. The van der Waals surface area contributed by atoms with Crippen molar-refractivity contribution < 1.29 is 19.1 Å². The van der Waals surface area contributed by atoms with Gasteiger partial charge >= 0.3 is 6.09 Å². The van der Waals surface area contributed by atoms with E-state index in [0.29, 0.717) is 24.4 Å². The van der Waals surface area contributed by atoms with Crippen LogP contribution in [0.4, 0.5) is 10.5 Å². The highest BCUT2D eigenvalue weighted by atomic mass is 32.2. The molecule has 0 bridgehead atoms. The Hall–Kier alpha value is -3.52. The van der Waals surface area contributed by atoms with Crippen LogP contribution in [0.25, 0.3) is 10.8 Å². The minimum absolute atomic E-state index is 0.297. The molecule has 8 heteroatoms. The second-order valence-corrected chi connectivity index (χ2v) is 13.0. The summed E-state index contributed by atoms with van der Waals surface area (Å²) in [5.74, 6) is 0.0644. The lowest BCUT2D eigenvalue weighted by Crippen LogP contribution is -2.53. The number of thioether (sulfide) groups is 1. The zero-order chi connectivity index (χ0) is 31.6. The molecule has 43 heavy (non-hydrogen) atoms. The van der Waals surface area contributed by atoms with Crippen LogP contribution in [0.5, 0.6) is 0 Å². The van der Waals surface area contributed by atoms with E-state index in [1.165, 1.54) is 0 Å². The number of ether oxygens (including phenoxy) is 1. The Morgan fingerprint density at radius 1 is 0.953 bits per heavy atom. The maximum atomic E-state index is 14.4. The van der Waals surface area contributed by atoms with Crippen LogP contribution in [-0.2, 0) is 14.3 Å². The molecule has 0 saturated heterocycles. The summed E-state index contributed by atoms with van der Waals surface area (Å²) in [6.07, 6.45) is 4.33. The standard InChI is InChI=1S/C35H47N3O4S/c1-8-9-12-20-38(33(40)30(19-21-43-7)37-34(41)42-35(4,5)6)31(29-18-15-24(2)22-25(29)3)32(39)36-28-17-16-26-13-10-11-14-27(26)23-28/h10-11,13-18,22-23,30-31H,8-9,12,19-21H2,1-7H3,(H,36,39)(H,37,41). The monoisotopic (exact) mass is 605 g/mol. The predicted molar refractivity (Wildman–Crippen MR) is 179 cm³/mol. The third-order valence-corrected chi connectivity index (χ3v) is 7.83. The number of nitrogens with one attached hydrogen (secondary N) is 2. The van der Waals surface area contributed by atoms with Crippen molar-refractivity contribution in [3.8, 4) is 0 Å². The number of benzene rings is 3. The first-order valence-corrected chi connectivity index (χ1v) is 16.5. The van der Waals surface area contributed by atoms with E-state index < -0.39 is 23.8 Å². The fraction of sp³-hybridized carbons (Fsp3) is 0.457. The maximum Gasteiger partial charge on any atom is 0.408 e. The van der Waals surface area contributed by atoms with Crippen molar-refractivity contribution >= 4 is 46.1 Å². The summed E-state index contributed by atoms with van der Waals surface area (Å²) < 4.78 is 5.51. The average molecular weight is 606 g/mol. The first kappa shape index (κ1) is 34.0. The number of amides is 3. The van der Waals surface area contributed by atoms with Gasteiger partial charge in [-0.3, -0.25) is 9.59 Å². The van der Waals surface area contributed by atoms with E-state index in [1.54, 1.807) is 37.4 Å². The largest absolute Gasteiger partial charge is 0.444 e. The quantitative estimate of drug-likeness (QED) is 0.194. The topological polar surface area (TPSA) is 87.7 Å². The predicted octanol–water partition coefficient (Wildman–Crippen LogP) is 7.80. The number of carbonyl (C=O) groups excluding carboxylic acids is 3. The summed E-state index contributed by atoms with van der Waals surface area (Å²) in [7, 11) is 0. The summed E-state index contributed by atoms with van der Waals surface area (Å²) in [4.78, 5) is 43.2. The van der Waals surface area contributed by atoms with Gasteiger partial charge in [0.05, 0.1) is 0 Å². The van der Waals surface area contributed by atoms with Crippen LogP contribution in [0.2, 0.25) is 0 Å². The minimum atomic E-state index is -0.895. The van der Waals surface area contributed by atoms with Gasteiger partial charge in [-0.15, -0.1) is 0 Å². The maximum absolute atomic E-state index is 14.4. The Balaban J connectivity index is 2.05. The fourth-order valence-electron chi connectivity index (χ4n) is 5.10. The number of fused-ring (bicyclic) bond motifs is 1. The molecule has 3 aromatic carbocycles. The normalized spacial score (nSPS) is 12.8. The first-order valence-electron chi connectivity index (χ1n) is 15.1. The third kappa shape index (κ3) is 10.0. The van der Waals surface area contributed by atoms with Gasteiger partial charge in [-0.2, -0.15) is 11.8 Å². The van der Waals surface area contributed by atoms with Crippen molar-refractivity contribution in [2.75, 3.05) is 23.9 Å². The number of anilines is 1. The smallest absolute Gasteiger partial charge is 0.408 e. The van der Waals surface area contributed by atoms with Crippen LogP contribution in [0.3, 0.4) is 0 Å². The number of rotatable bonds is 13. The van der Waals surface area contributed by atoms with E-state index >= 15 is 0 Å². The Bertz CT molecular complexity index is 1400. The van der Waals surface area contributed by atoms with Crippen molar-refractivity contribution in [2.24, 2.45) is 0 Å². The first-order chi connectivity index (χ1) is 20.4. The molecule has 0 radical (unpaired) electrons. The zero-order valence-electron chi connectivity index (χ0n) is 26.7. The Morgan fingerprint density at radius 2 is 1.67 bits per heavy atom. The van der Waals surface area contributed by atoms with Crippen LogP contribution in [0.1, 0.15) is 76.1 Å². The van der Waals surface area contributed by atoms with Gasteiger partial charge < -0.3 is 20.3 Å². The molecule has 2 N–H and O–H groups in total. The number of hydrogen-bond donors (Lipinski definition) is 2. The lowest BCUT2D eigenvalue weighted by Gasteiger charge is -2.35. The van der Waals surface area contributed by atoms with E-state index in [0.717, 1.165) is 46.7 Å². The zero-order valence-corrected chi connectivity index (χ0v) is 27.5. The number of hydrogen-bond acceptors (Lipinski definition) is 5. The third-order valence-electron chi connectivity index (χ3n) is 7.18. The average Bonchev–Trinajstić information content (AvgIpc) is 2.94. The molecule has 0 fully saturated rings. The van der Waals surface area contributed by atoms with Crippen molar-refractivity contribution in [1.29, 1.82) is 0 Å². The van der Waals surface area contributed by atoms with Crippen LogP contribution in [0.15, 0.2) is 60.7 Å². The molecule has 0 heterocycles. The van der Waals surface area contributed by atoms with Crippen molar-refractivity contribution in [1.82, 2.24) is 10.2 Å². The molecule has 3 amide bonds. The summed E-state index contributed by atoms with van der Waals surface area (Å²) in [5.41, 5.74) is 2.70. The van der Waals surface area contributed by atoms with Gasteiger partial charge in [0.25, 0.3) is 5.91 Å². The molecule has 0 aliphatic rings. The van der Waals surface area contributed by atoms with Crippen LogP contribution >= 0.6 is 11.8 Å². The molecule has 0 aliphatic heterocycles. The highest BCUT2D eigenvalue weighted by Crippen LogP contribution is 2.29. The van der Waals surface area contributed by atoms with Gasteiger partial charge in [0.1, 0.15) is 17.7 Å². The molecule has 7 nitrogen and oxygen atoms in total. The Labute approximate surface area is 261 Å². The highest BCUT2D eigenvalue weighted by Gasteiger charge is 2.36. The summed E-state index contributed by atoms with van der Waals surface area (Å²) in [6, 6.07) is 18.0. The number of nitrogens with zero attached hydrogens (tertiary/aromatic N) is 1. The summed E-state index contributed by atoms with van der Waals surface area (Å²) in [6.45, 7) is 11.8. The van der Waals surface area contributed by atoms with E-state index in [2.05, 4.69) is 17.6 Å². The van der Waals surface area contributed by atoms with Gasteiger partial charge in [-0.25, -0.2) is 4.79 Å². The Morgan fingerprint density at radius 3 is 2.33 bits per heavy atom. The fourth-order valence-corrected chi connectivity index (χ4v) is 5.57. The van der Waals surface area contributed by atoms with Crippen molar-refractivity contribution in [3.05, 3.63) is 77.4 Å². The SMILES string of the molecule is CCCCCN(C(=O)C(CCSC)NC(=O)OC(C)(C)C)C(C(=O)Nc1ccc2ccccc2c1)c1ccc(C)cc1C. The lowest BCUT2D eigenvalue weighted by molar-refractivity contribution is -0.141. The minimum Gasteiger partial charge on any atom is -0.444 e. The highest BCUT2D eigenvalue weighted by molar-refractivity contribution is 7.98. The van der Waals surface area contributed by atoms with E-state index in [4.69, 9.17) is 4.74 Å². The van der Waals surface area contributed by atoms with Gasteiger partial charge in [-0.1, -0.05) is 73.9 Å². The molecular formula is C35H47N3O4S. The molecule has 3 rings (SSSR count). The molecule has 2 atom stereocenters. The summed E-state index contributed by atoms with van der Waals surface area (Å²) >= 11 is 1.60. The lowest BCUT2D eigenvalue weighted by atomic mass is 9.95. The van der Waals surface area contributed by atoms with Gasteiger partial charge in [0.2, 0.25) is 5.91 Å². The molecule has 232 valence electrons. The van der Waals surface area contributed by atoms with E-state index in [-0.39, 0.29) is 11.8 Å². The van der Waals surface area contributed by atoms with Crippen LogP contribution < -0.4 is 10.6 Å². The number of unbranched alkanes of at least 4 members (excludes halogenated alkanes) is 2. The molecule has 0 spiro atoms. The van der Waals surface area contributed by atoms with Gasteiger partial charge in [0.15, 0.2) is 0 Å². The Kier molecular flexibility index (Phi) is 12.5. The van der Waals surface area contributed by atoms with E-state index in [9.17, 15) is 14.4 Å². The molecule has 2 unspecified atom stereocenters. The number of aryl methyl sites for hydroxylation is 2. The van der Waals surface area contributed by atoms with Crippen molar-refractivity contribution in [2.45, 2.75) is 84.9 Å². The van der Waals surface area contributed by atoms with Crippen molar-refractivity contribution in [3.63, 3.8) is 0 Å². The second-order valence-electron chi connectivity index (χ2n) is 12.0. The van der Waals surface area contributed by atoms with Crippen LogP contribution in [-0.4, -0.2) is 53.0 Å². The summed E-state index contributed by atoms with van der Waals surface area (Å²) in [5, 5.41) is 8.01.